The van der Waals surface area contributed by atoms with Gasteiger partial charge in [0.15, 0.2) is 0 Å². The number of hydrogen-bond acceptors (Lipinski definition) is 2. The summed E-state index contributed by atoms with van der Waals surface area (Å²) in [4.78, 5) is 14.4. The zero-order valence-electron chi connectivity index (χ0n) is 12.6. The Labute approximate surface area is 117 Å². The van der Waals surface area contributed by atoms with E-state index in [1.54, 1.807) is 0 Å². The molecule has 0 aromatic heterocycles. The first-order chi connectivity index (χ1) is 9.11. The molecule has 1 unspecified atom stereocenters. The summed E-state index contributed by atoms with van der Waals surface area (Å²) in [5.74, 6) is 0.132. The highest BCUT2D eigenvalue weighted by molar-refractivity contribution is 5.95. The maximum atomic E-state index is 12.6. The molecule has 0 aliphatic rings. The van der Waals surface area contributed by atoms with Crippen molar-refractivity contribution in [1.29, 1.82) is 0 Å². The summed E-state index contributed by atoms with van der Waals surface area (Å²) in [6.07, 6.45) is 3.02. The van der Waals surface area contributed by atoms with Crippen molar-refractivity contribution in [3.8, 4) is 0 Å². The van der Waals surface area contributed by atoms with Gasteiger partial charge in [-0.15, -0.1) is 0 Å². The van der Waals surface area contributed by atoms with E-state index in [1.165, 1.54) is 0 Å². The second-order valence-electron chi connectivity index (χ2n) is 5.06. The third-order valence-corrected chi connectivity index (χ3v) is 3.58. The normalized spacial score (nSPS) is 12.2. The largest absolute Gasteiger partial charge is 0.339 e. The van der Waals surface area contributed by atoms with Crippen molar-refractivity contribution in [2.45, 2.75) is 39.2 Å². The van der Waals surface area contributed by atoms with Crippen LogP contribution in [0.3, 0.4) is 0 Å². The van der Waals surface area contributed by atoms with E-state index < -0.39 is 0 Å². The monoisotopic (exact) mass is 262 g/mol. The number of rotatable bonds is 7. The van der Waals surface area contributed by atoms with E-state index in [2.05, 4.69) is 19.2 Å². The van der Waals surface area contributed by atoms with E-state index in [9.17, 15) is 4.79 Å². The average Bonchev–Trinajstić information content (AvgIpc) is 2.44. The lowest BCUT2D eigenvalue weighted by molar-refractivity contribution is 0.0735. The molecule has 1 N–H and O–H groups in total. The Kier molecular flexibility index (Phi) is 6.57. The summed E-state index contributed by atoms with van der Waals surface area (Å²) >= 11 is 0. The van der Waals surface area contributed by atoms with Crippen molar-refractivity contribution < 1.29 is 4.79 Å². The summed E-state index contributed by atoms with van der Waals surface area (Å²) in [6, 6.07) is 8.20. The maximum absolute atomic E-state index is 12.6. The molecular weight excluding hydrogens is 236 g/mol. The van der Waals surface area contributed by atoms with Crippen LogP contribution in [-0.4, -0.2) is 37.5 Å². The topological polar surface area (TPSA) is 32.3 Å². The van der Waals surface area contributed by atoms with Crippen molar-refractivity contribution in [1.82, 2.24) is 10.2 Å². The average molecular weight is 262 g/mol. The molecule has 3 nitrogen and oxygen atoms in total. The van der Waals surface area contributed by atoms with Crippen LogP contribution in [0.15, 0.2) is 24.3 Å². The lowest BCUT2D eigenvalue weighted by Gasteiger charge is -2.25. The van der Waals surface area contributed by atoms with Gasteiger partial charge in [0.25, 0.3) is 5.91 Å². The molecule has 1 amide bonds. The second kappa shape index (κ2) is 7.95. The van der Waals surface area contributed by atoms with Gasteiger partial charge in [-0.1, -0.05) is 31.5 Å². The van der Waals surface area contributed by atoms with E-state index in [0.29, 0.717) is 0 Å². The van der Waals surface area contributed by atoms with Gasteiger partial charge in [-0.25, -0.2) is 0 Å². The predicted octanol–water partition coefficient (Wildman–Crippen LogP) is 2.71. The molecule has 1 aromatic rings. The number of benzene rings is 1. The number of amides is 1. The third kappa shape index (κ3) is 4.35. The molecule has 1 aromatic carbocycles. The first kappa shape index (κ1) is 15.7. The van der Waals surface area contributed by atoms with Crippen molar-refractivity contribution in [3.63, 3.8) is 0 Å². The van der Waals surface area contributed by atoms with Crippen LogP contribution in [0, 0.1) is 0 Å². The van der Waals surface area contributed by atoms with E-state index in [1.807, 2.05) is 43.3 Å². The molecular formula is C16H26N2O. The predicted molar refractivity (Wildman–Crippen MR) is 80.5 cm³/mol. The minimum Gasteiger partial charge on any atom is -0.339 e. The fourth-order valence-corrected chi connectivity index (χ4v) is 2.21. The number of nitrogens with one attached hydrogen (secondary N) is 1. The van der Waals surface area contributed by atoms with Gasteiger partial charge in [0.1, 0.15) is 0 Å². The van der Waals surface area contributed by atoms with Crippen LogP contribution in [0.5, 0.6) is 0 Å². The van der Waals surface area contributed by atoms with Gasteiger partial charge in [0.05, 0.1) is 0 Å². The Balaban J connectivity index is 2.86. The van der Waals surface area contributed by atoms with E-state index in [0.717, 1.165) is 36.9 Å². The standard InChI is InChI=1S/C16H26N2O/c1-5-8-13(2)18(4)16(19)15-10-7-6-9-14(15)11-12-17-3/h6-7,9-10,13,17H,5,8,11-12H2,1-4H3. The summed E-state index contributed by atoms with van der Waals surface area (Å²) in [6.45, 7) is 5.14. The molecule has 0 fully saturated rings. The fourth-order valence-electron chi connectivity index (χ4n) is 2.21. The Morgan fingerprint density at radius 1 is 1.37 bits per heavy atom. The molecule has 0 aliphatic heterocycles. The molecule has 3 heteroatoms. The maximum Gasteiger partial charge on any atom is 0.254 e. The second-order valence-corrected chi connectivity index (χ2v) is 5.06. The van der Waals surface area contributed by atoms with Gasteiger partial charge in [-0.2, -0.15) is 0 Å². The molecule has 19 heavy (non-hydrogen) atoms. The zero-order valence-corrected chi connectivity index (χ0v) is 12.6. The van der Waals surface area contributed by atoms with Crippen LogP contribution >= 0.6 is 0 Å². The van der Waals surface area contributed by atoms with Crippen molar-refractivity contribution >= 4 is 5.91 Å². The lowest BCUT2D eigenvalue weighted by Crippen LogP contribution is -2.35. The molecule has 0 saturated heterocycles. The lowest BCUT2D eigenvalue weighted by atomic mass is 10.0. The Morgan fingerprint density at radius 3 is 2.68 bits per heavy atom. The van der Waals surface area contributed by atoms with Gasteiger partial charge in [0.2, 0.25) is 0 Å². The van der Waals surface area contributed by atoms with Crippen LogP contribution in [0.25, 0.3) is 0 Å². The summed E-state index contributed by atoms with van der Waals surface area (Å²) in [7, 11) is 3.83. The molecule has 0 bridgehead atoms. The molecule has 0 saturated carbocycles. The third-order valence-electron chi connectivity index (χ3n) is 3.58. The van der Waals surface area contributed by atoms with Gasteiger partial charge in [0, 0.05) is 18.7 Å². The van der Waals surface area contributed by atoms with Crippen LogP contribution in [0.4, 0.5) is 0 Å². The summed E-state index contributed by atoms with van der Waals surface area (Å²) in [5.41, 5.74) is 1.96. The number of nitrogens with zero attached hydrogens (tertiary/aromatic N) is 1. The van der Waals surface area contributed by atoms with Gasteiger partial charge >= 0.3 is 0 Å². The molecule has 106 valence electrons. The number of hydrogen-bond donors (Lipinski definition) is 1. The number of likely N-dealkylation sites (N-methyl/N-ethyl adjacent to an activating group) is 1. The fraction of sp³-hybridized carbons (Fsp3) is 0.562. The van der Waals surface area contributed by atoms with E-state index >= 15 is 0 Å². The number of carbonyl (C=O) groups is 1. The van der Waals surface area contributed by atoms with Crippen LogP contribution in [0.1, 0.15) is 42.6 Å². The van der Waals surface area contributed by atoms with Crippen LogP contribution in [-0.2, 0) is 6.42 Å². The first-order valence-electron chi connectivity index (χ1n) is 7.11. The van der Waals surface area contributed by atoms with Crippen LogP contribution < -0.4 is 5.32 Å². The summed E-state index contributed by atoms with van der Waals surface area (Å²) in [5, 5.41) is 3.13. The highest BCUT2D eigenvalue weighted by Crippen LogP contribution is 2.15. The highest BCUT2D eigenvalue weighted by atomic mass is 16.2. The quantitative estimate of drug-likeness (QED) is 0.819. The molecule has 0 spiro atoms. The molecule has 1 rings (SSSR count). The molecule has 0 heterocycles. The number of carbonyl (C=O) groups excluding carboxylic acids is 1. The van der Waals surface area contributed by atoms with Crippen molar-refractivity contribution in [2.24, 2.45) is 0 Å². The van der Waals surface area contributed by atoms with Crippen LogP contribution in [0.2, 0.25) is 0 Å². The SMILES string of the molecule is CCCC(C)N(C)C(=O)c1ccccc1CCNC. The van der Waals surface area contributed by atoms with E-state index in [4.69, 9.17) is 0 Å². The van der Waals surface area contributed by atoms with Crippen molar-refractivity contribution in [2.75, 3.05) is 20.6 Å². The Hall–Kier alpha value is -1.35. The molecule has 0 radical (unpaired) electrons. The van der Waals surface area contributed by atoms with Gasteiger partial charge in [-0.3, -0.25) is 4.79 Å². The summed E-state index contributed by atoms with van der Waals surface area (Å²) < 4.78 is 0. The van der Waals surface area contributed by atoms with Crippen molar-refractivity contribution in [3.05, 3.63) is 35.4 Å². The highest BCUT2D eigenvalue weighted by Gasteiger charge is 2.18. The smallest absolute Gasteiger partial charge is 0.254 e. The molecule has 1 atom stereocenters. The first-order valence-corrected chi connectivity index (χ1v) is 7.11. The minimum absolute atomic E-state index is 0.132. The Morgan fingerprint density at radius 2 is 2.05 bits per heavy atom. The van der Waals surface area contributed by atoms with E-state index in [-0.39, 0.29) is 11.9 Å². The molecule has 0 aliphatic carbocycles. The minimum atomic E-state index is 0.132. The Bertz CT molecular complexity index is 403. The zero-order chi connectivity index (χ0) is 14.3. The van der Waals surface area contributed by atoms with Gasteiger partial charge in [-0.05, 0) is 45.0 Å². The van der Waals surface area contributed by atoms with Gasteiger partial charge < -0.3 is 10.2 Å².